The van der Waals surface area contributed by atoms with Crippen LogP contribution >= 0.6 is 24.3 Å². The molecule has 1 aromatic carbocycles. The van der Waals surface area contributed by atoms with E-state index in [0.29, 0.717) is 0 Å². The Kier molecular flexibility index (Phi) is 3.94. The van der Waals surface area contributed by atoms with Crippen LogP contribution in [0.25, 0.3) is 0 Å². The number of hydrogen-bond donors (Lipinski definition) is 0. The van der Waals surface area contributed by atoms with Crippen molar-refractivity contribution in [2.24, 2.45) is 0 Å². The summed E-state index contributed by atoms with van der Waals surface area (Å²) in [6.07, 6.45) is -4.35. The fourth-order valence-corrected chi connectivity index (χ4v) is 3.67. The van der Waals surface area contributed by atoms with Crippen molar-refractivity contribution in [2.45, 2.75) is 6.18 Å². The number of hydrogen-bond acceptors (Lipinski definition) is 0. The van der Waals surface area contributed by atoms with Crippen LogP contribution in [0.15, 0.2) is 18.2 Å². The molecule has 6 heteroatoms. The van der Waals surface area contributed by atoms with Crippen LogP contribution < -0.4 is 3.58 Å². The Morgan fingerprint density at radius 2 is 1.92 bits per heavy atom. The van der Waals surface area contributed by atoms with Gasteiger partial charge in [-0.1, -0.05) is 0 Å². The molecule has 70 valence electrons. The molecule has 0 heterocycles. The third-order valence-electron chi connectivity index (χ3n) is 1.38. The van der Waals surface area contributed by atoms with E-state index < -0.39 is 30.7 Å². The minimum atomic E-state index is -4.35. The van der Waals surface area contributed by atoms with Gasteiger partial charge in [0.2, 0.25) is 0 Å². The van der Waals surface area contributed by atoms with Gasteiger partial charge in [0.15, 0.2) is 0 Å². The Morgan fingerprint density at radius 3 is 2.38 bits per heavy atom. The summed E-state index contributed by atoms with van der Waals surface area (Å²) in [5.41, 5.74) is -0.744. The van der Waals surface area contributed by atoms with Crippen LogP contribution in [0.5, 0.6) is 0 Å². The predicted molar refractivity (Wildman–Crippen MR) is 50.8 cm³/mol. The van der Waals surface area contributed by atoms with Gasteiger partial charge in [0.1, 0.15) is 0 Å². The van der Waals surface area contributed by atoms with Crippen LogP contribution in [0.3, 0.4) is 0 Å². The van der Waals surface area contributed by atoms with Crippen molar-refractivity contribution in [3.05, 3.63) is 28.8 Å². The molecule has 0 bridgehead atoms. The van der Waals surface area contributed by atoms with Gasteiger partial charge in [0.05, 0.1) is 0 Å². The first-order valence-corrected chi connectivity index (χ1v) is 11.4. The summed E-state index contributed by atoms with van der Waals surface area (Å²) < 4.78 is 37.6. The van der Waals surface area contributed by atoms with E-state index in [-0.39, 0.29) is 5.02 Å². The van der Waals surface area contributed by atoms with E-state index in [1.807, 2.05) is 0 Å². The molecule has 0 fully saturated rings. The molecule has 2 radical (unpaired) electrons. The normalized spacial score (nSPS) is 11.8. The first-order valence-electron chi connectivity index (χ1n) is 3.18. The van der Waals surface area contributed by atoms with Crippen molar-refractivity contribution in [3.8, 4) is 0 Å². The zero-order valence-corrected chi connectivity index (χ0v) is 11.3. The van der Waals surface area contributed by atoms with Gasteiger partial charge in [-0.3, -0.25) is 0 Å². The molecule has 0 amide bonds. The van der Waals surface area contributed by atoms with Gasteiger partial charge < -0.3 is 0 Å². The second kappa shape index (κ2) is 4.40. The molecule has 0 aromatic heterocycles. The van der Waals surface area contributed by atoms with Gasteiger partial charge in [0, 0.05) is 0 Å². The molecule has 0 saturated heterocycles. The van der Waals surface area contributed by atoms with Crippen molar-refractivity contribution < 1.29 is 13.2 Å². The first-order chi connectivity index (χ1) is 5.95. The second-order valence-electron chi connectivity index (χ2n) is 2.29. The zero-order chi connectivity index (χ0) is 10.1. The summed E-state index contributed by atoms with van der Waals surface area (Å²) in [6.45, 7) is 0. The van der Waals surface area contributed by atoms with E-state index >= 15 is 0 Å². The summed E-state index contributed by atoms with van der Waals surface area (Å²) in [5.74, 6) is 0. The zero-order valence-electron chi connectivity index (χ0n) is 6.12. The summed E-state index contributed by atoms with van der Waals surface area (Å²) >= 11 is 7.66. The second-order valence-corrected chi connectivity index (χ2v) is 7.54. The molecule has 0 aliphatic heterocycles. The average molecular weight is 378 g/mol. The molecule has 13 heavy (non-hydrogen) atoms. The van der Waals surface area contributed by atoms with Gasteiger partial charge >= 0.3 is 94.9 Å². The van der Waals surface area contributed by atoms with E-state index in [9.17, 15) is 13.2 Å². The average Bonchev–Trinajstić information content (AvgIpc) is 2.03. The van der Waals surface area contributed by atoms with Crippen LogP contribution in [-0.2, 0) is 6.18 Å². The van der Waals surface area contributed by atoms with Crippen LogP contribution in [0.2, 0.25) is 5.02 Å². The maximum absolute atomic E-state index is 12.3. The van der Waals surface area contributed by atoms with Crippen LogP contribution in [0.1, 0.15) is 5.56 Å². The molecule has 0 nitrogen and oxygen atoms in total. The summed E-state index contributed by atoms with van der Waals surface area (Å²) in [5, 5.41) is -0.239. The summed E-state index contributed by atoms with van der Waals surface area (Å²) in [6, 6.07) is 4.03. The maximum atomic E-state index is 12.3. The third kappa shape index (κ3) is 3.02. The quantitative estimate of drug-likeness (QED) is 0.660. The molecule has 0 saturated carbocycles. The molecule has 1 rings (SSSR count). The van der Waals surface area contributed by atoms with Crippen LogP contribution in [0.4, 0.5) is 13.2 Å². The molecular weight excluding hydrogens is 375 g/mol. The Morgan fingerprint density at radius 1 is 1.31 bits per heavy atom. The fourth-order valence-electron chi connectivity index (χ4n) is 0.801. The van der Waals surface area contributed by atoms with Crippen molar-refractivity contribution in [1.82, 2.24) is 0 Å². The number of rotatable bonds is 1. The Bertz CT molecular complexity index is 313. The van der Waals surface area contributed by atoms with Crippen molar-refractivity contribution in [2.75, 3.05) is 0 Å². The van der Waals surface area contributed by atoms with E-state index in [1.165, 1.54) is 6.07 Å². The standard InChI is InChI=1S/C7H3ClF3.BrH.Sn/c8-6-4-2-1-3-5(6)7(9,10)11;;/h2-4H;1H;/q;;+1/p-1. The SMILES string of the molecule is FC(F)(F)c1c[c]([Sn][Br])ccc1Cl. The Labute approximate surface area is 94.4 Å². The molecule has 0 aliphatic carbocycles. The Balaban J connectivity index is 3.19. The monoisotopic (exact) mass is 378 g/mol. The van der Waals surface area contributed by atoms with E-state index in [0.717, 1.165) is 9.65 Å². The van der Waals surface area contributed by atoms with Crippen molar-refractivity contribution in [3.63, 3.8) is 0 Å². The third-order valence-corrected chi connectivity index (χ3v) is 6.29. The van der Waals surface area contributed by atoms with Crippen molar-refractivity contribution >= 4 is 46.8 Å². The van der Waals surface area contributed by atoms with Gasteiger partial charge in [-0.25, -0.2) is 0 Å². The molecule has 0 aliphatic rings. The minimum absolute atomic E-state index is 0.239. The molecule has 1 aromatic rings. The summed E-state index contributed by atoms with van der Waals surface area (Å²) in [7, 11) is 0. The van der Waals surface area contributed by atoms with Crippen molar-refractivity contribution in [1.29, 1.82) is 0 Å². The number of halogens is 5. The van der Waals surface area contributed by atoms with Gasteiger partial charge in [-0.15, -0.1) is 0 Å². The molecule has 0 spiro atoms. The molecular formula is C7H3BrClF3Sn. The fraction of sp³-hybridized carbons (Fsp3) is 0.143. The van der Waals surface area contributed by atoms with Gasteiger partial charge in [-0.2, -0.15) is 0 Å². The van der Waals surface area contributed by atoms with Gasteiger partial charge in [-0.05, 0) is 0 Å². The van der Waals surface area contributed by atoms with Gasteiger partial charge in [0.25, 0.3) is 0 Å². The molecule has 0 atom stereocenters. The van der Waals surface area contributed by atoms with E-state index in [2.05, 4.69) is 12.7 Å². The molecule has 0 unspecified atom stereocenters. The van der Waals surface area contributed by atoms with Crippen LogP contribution in [-0.4, -0.2) is 18.9 Å². The summed E-state index contributed by atoms with van der Waals surface area (Å²) in [4.78, 5) is 0. The van der Waals surface area contributed by atoms with Crippen LogP contribution in [0, 0.1) is 0 Å². The first kappa shape index (κ1) is 11.7. The van der Waals surface area contributed by atoms with E-state index in [1.54, 1.807) is 6.07 Å². The predicted octanol–water partition coefficient (Wildman–Crippen LogP) is 3.00. The number of benzene rings is 1. The number of alkyl halides is 3. The topological polar surface area (TPSA) is 0 Å². The Hall–Kier alpha value is 0.579. The molecule has 0 N–H and O–H groups in total. The van der Waals surface area contributed by atoms with E-state index in [4.69, 9.17) is 11.6 Å².